The van der Waals surface area contributed by atoms with E-state index in [4.69, 9.17) is 10.00 Å². The molecule has 0 aliphatic rings. The van der Waals surface area contributed by atoms with Gasteiger partial charge in [0.1, 0.15) is 6.04 Å². The van der Waals surface area contributed by atoms with Crippen LogP contribution in [0.2, 0.25) is 0 Å². The van der Waals surface area contributed by atoms with Gasteiger partial charge in [-0.15, -0.1) is 0 Å². The standard InChI is InChI=1S/C12H22N2O2/c1-5-7-11(12(15)16-6-2)14(9-8-13)10(3)4/h10-11H,5-7,9H2,1-4H3. The SMILES string of the molecule is CCCC(C(=O)OCC)N(CC#N)C(C)C. The van der Waals surface area contributed by atoms with Crippen LogP contribution in [0.25, 0.3) is 0 Å². The van der Waals surface area contributed by atoms with Gasteiger partial charge in [-0.05, 0) is 27.2 Å². The molecule has 0 aromatic rings. The maximum Gasteiger partial charge on any atom is 0.323 e. The first-order chi connectivity index (χ1) is 7.58. The zero-order chi connectivity index (χ0) is 12.6. The number of rotatable bonds is 7. The van der Waals surface area contributed by atoms with Crippen molar-refractivity contribution in [1.82, 2.24) is 4.90 Å². The molecule has 92 valence electrons. The van der Waals surface area contributed by atoms with Crippen LogP contribution in [0.4, 0.5) is 0 Å². The van der Waals surface area contributed by atoms with Crippen molar-refractivity contribution in [1.29, 1.82) is 5.26 Å². The molecule has 0 N–H and O–H groups in total. The number of ether oxygens (including phenoxy) is 1. The van der Waals surface area contributed by atoms with E-state index in [9.17, 15) is 4.79 Å². The van der Waals surface area contributed by atoms with Crippen LogP contribution in [0, 0.1) is 11.3 Å². The molecule has 0 bridgehead atoms. The lowest BCUT2D eigenvalue weighted by molar-refractivity contribution is -0.150. The molecule has 0 amide bonds. The van der Waals surface area contributed by atoms with E-state index in [2.05, 4.69) is 6.07 Å². The van der Waals surface area contributed by atoms with Crippen molar-refractivity contribution in [2.45, 2.75) is 52.6 Å². The molecule has 0 rings (SSSR count). The van der Waals surface area contributed by atoms with E-state index in [1.54, 1.807) is 6.92 Å². The van der Waals surface area contributed by atoms with Crippen LogP contribution in [0.3, 0.4) is 0 Å². The van der Waals surface area contributed by atoms with Gasteiger partial charge in [0.25, 0.3) is 0 Å². The van der Waals surface area contributed by atoms with E-state index in [0.29, 0.717) is 6.61 Å². The lowest BCUT2D eigenvalue weighted by Crippen LogP contribution is -2.46. The monoisotopic (exact) mass is 226 g/mol. The smallest absolute Gasteiger partial charge is 0.323 e. The number of esters is 1. The fraction of sp³-hybridized carbons (Fsp3) is 0.833. The Bertz CT molecular complexity index is 246. The molecule has 0 aliphatic carbocycles. The van der Waals surface area contributed by atoms with E-state index < -0.39 is 0 Å². The number of hydrogen-bond donors (Lipinski definition) is 0. The second-order valence-corrected chi connectivity index (χ2v) is 3.98. The van der Waals surface area contributed by atoms with Crippen LogP contribution in [0.1, 0.15) is 40.5 Å². The maximum atomic E-state index is 11.8. The number of carbonyl (C=O) groups excluding carboxylic acids is 1. The Morgan fingerprint density at radius 1 is 1.44 bits per heavy atom. The summed E-state index contributed by atoms with van der Waals surface area (Å²) in [5.74, 6) is -0.215. The molecular weight excluding hydrogens is 204 g/mol. The zero-order valence-electron chi connectivity index (χ0n) is 10.7. The normalized spacial score (nSPS) is 12.6. The second-order valence-electron chi connectivity index (χ2n) is 3.98. The molecule has 4 nitrogen and oxygen atoms in total. The summed E-state index contributed by atoms with van der Waals surface area (Å²) in [6.07, 6.45) is 1.64. The third-order valence-electron chi connectivity index (χ3n) is 2.44. The number of nitriles is 1. The molecule has 0 heterocycles. The quantitative estimate of drug-likeness (QED) is 0.492. The summed E-state index contributed by atoms with van der Waals surface area (Å²) < 4.78 is 5.04. The fourth-order valence-corrected chi connectivity index (χ4v) is 1.67. The highest BCUT2D eigenvalue weighted by atomic mass is 16.5. The Kier molecular flexibility index (Phi) is 7.57. The molecule has 0 aromatic carbocycles. The molecule has 0 fully saturated rings. The van der Waals surface area contributed by atoms with E-state index >= 15 is 0 Å². The topological polar surface area (TPSA) is 53.3 Å². The lowest BCUT2D eigenvalue weighted by Gasteiger charge is -2.31. The van der Waals surface area contributed by atoms with Crippen LogP contribution in [-0.4, -0.2) is 36.1 Å². The average Bonchev–Trinajstić information content (AvgIpc) is 2.23. The molecule has 1 unspecified atom stereocenters. The number of carbonyl (C=O) groups is 1. The van der Waals surface area contributed by atoms with Gasteiger partial charge in [-0.2, -0.15) is 5.26 Å². The fourth-order valence-electron chi connectivity index (χ4n) is 1.67. The molecule has 0 saturated carbocycles. The van der Waals surface area contributed by atoms with Gasteiger partial charge in [0, 0.05) is 6.04 Å². The van der Waals surface area contributed by atoms with Crippen molar-refractivity contribution in [2.75, 3.05) is 13.2 Å². The predicted molar refractivity (Wildman–Crippen MR) is 62.8 cm³/mol. The Morgan fingerprint density at radius 3 is 2.44 bits per heavy atom. The third kappa shape index (κ3) is 4.63. The average molecular weight is 226 g/mol. The molecule has 16 heavy (non-hydrogen) atoms. The van der Waals surface area contributed by atoms with E-state index in [1.807, 2.05) is 25.7 Å². The van der Waals surface area contributed by atoms with Gasteiger partial charge in [0.05, 0.1) is 19.2 Å². The van der Waals surface area contributed by atoms with Crippen LogP contribution in [-0.2, 0) is 9.53 Å². The molecule has 1 atom stereocenters. The first-order valence-electron chi connectivity index (χ1n) is 5.87. The van der Waals surface area contributed by atoms with E-state index in [0.717, 1.165) is 12.8 Å². The first-order valence-corrected chi connectivity index (χ1v) is 5.87. The molecule has 0 radical (unpaired) electrons. The lowest BCUT2D eigenvalue weighted by atomic mass is 10.1. The third-order valence-corrected chi connectivity index (χ3v) is 2.44. The van der Waals surface area contributed by atoms with Gasteiger partial charge in [-0.25, -0.2) is 0 Å². The highest BCUT2D eigenvalue weighted by Gasteiger charge is 2.27. The molecular formula is C12H22N2O2. The Balaban J connectivity index is 4.70. The molecule has 4 heteroatoms. The van der Waals surface area contributed by atoms with E-state index in [1.165, 1.54) is 0 Å². The molecule has 0 spiro atoms. The van der Waals surface area contributed by atoms with Crippen molar-refractivity contribution in [3.05, 3.63) is 0 Å². The highest BCUT2D eigenvalue weighted by Crippen LogP contribution is 2.12. The van der Waals surface area contributed by atoms with Gasteiger partial charge in [0.2, 0.25) is 0 Å². The Morgan fingerprint density at radius 2 is 2.06 bits per heavy atom. The summed E-state index contributed by atoms with van der Waals surface area (Å²) in [6, 6.07) is 1.98. The summed E-state index contributed by atoms with van der Waals surface area (Å²) in [4.78, 5) is 13.7. The van der Waals surface area contributed by atoms with Crippen molar-refractivity contribution in [3.63, 3.8) is 0 Å². The zero-order valence-corrected chi connectivity index (χ0v) is 10.7. The summed E-state index contributed by atoms with van der Waals surface area (Å²) in [6.45, 7) is 8.44. The Hall–Kier alpha value is -1.08. The summed E-state index contributed by atoms with van der Waals surface area (Å²) >= 11 is 0. The van der Waals surface area contributed by atoms with Crippen LogP contribution >= 0.6 is 0 Å². The molecule has 0 aromatic heterocycles. The van der Waals surface area contributed by atoms with Crippen LogP contribution in [0.5, 0.6) is 0 Å². The van der Waals surface area contributed by atoms with Crippen molar-refractivity contribution in [3.8, 4) is 6.07 Å². The largest absolute Gasteiger partial charge is 0.465 e. The number of hydrogen-bond acceptors (Lipinski definition) is 4. The second kappa shape index (κ2) is 8.12. The van der Waals surface area contributed by atoms with Gasteiger partial charge in [-0.3, -0.25) is 9.69 Å². The minimum Gasteiger partial charge on any atom is -0.465 e. The van der Waals surface area contributed by atoms with Crippen LogP contribution < -0.4 is 0 Å². The van der Waals surface area contributed by atoms with Gasteiger partial charge in [0.15, 0.2) is 0 Å². The van der Waals surface area contributed by atoms with Crippen molar-refractivity contribution >= 4 is 5.97 Å². The summed E-state index contributed by atoms with van der Waals surface area (Å²) in [5, 5.41) is 8.77. The maximum absolute atomic E-state index is 11.8. The van der Waals surface area contributed by atoms with Crippen molar-refractivity contribution in [2.24, 2.45) is 0 Å². The minimum absolute atomic E-state index is 0.167. The van der Waals surface area contributed by atoms with Gasteiger partial charge in [-0.1, -0.05) is 13.3 Å². The minimum atomic E-state index is -0.287. The summed E-state index contributed by atoms with van der Waals surface area (Å²) in [7, 11) is 0. The van der Waals surface area contributed by atoms with E-state index in [-0.39, 0.29) is 24.6 Å². The van der Waals surface area contributed by atoms with Crippen LogP contribution in [0.15, 0.2) is 0 Å². The molecule has 0 saturated heterocycles. The van der Waals surface area contributed by atoms with Gasteiger partial charge < -0.3 is 4.74 Å². The van der Waals surface area contributed by atoms with Gasteiger partial charge >= 0.3 is 5.97 Å². The molecule has 0 aliphatic heterocycles. The Labute approximate surface area is 98.2 Å². The summed E-state index contributed by atoms with van der Waals surface area (Å²) in [5.41, 5.74) is 0. The highest BCUT2D eigenvalue weighted by molar-refractivity contribution is 5.75. The van der Waals surface area contributed by atoms with Crippen molar-refractivity contribution < 1.29 is 9.53 Å². The number of nitrogens with zero attached hydrogens (tertiary/aromatic N) is 2. The first kappa shape index (κ1) is 14.9. The predicted octanol–water partition coefficient (Wildman–Crippen LogP) is 1.95.